The Labute approximate surface area is 119 Å². The smallest absolute Gasteiger partial charge is 0.240 e. The van der Waals surface area contributed by atoms with Gasteiger partial charge in [0.05, 0.1) is 6.07 Å². The minimum Gasteiger partial charge on any atom is -0.508 e. The van der Waals surface area contributed by atoms with Crippen molar-refractivity contribution in [1.82, 2.24) is 5.32 Å². The monoisotopic (exact) mass is 272 g/mol. The van der Waals surface area contributed by atoms with E-state index in [4.69, 9.17) is 0 Å². The van der Waals surface area contributed by atoms with Crippen LogP contribution in [0.15, 0.2) is 24.3 Å². The van der Waals surface area contributed by atoms with Gasteiger partial charge in [-0.25, -0.2) is 0 Å². The Morgan fingerprint density at radius 2 is 1.90 bits per heavy atom. The Bertz CT molecular complexity index is 496. The van der Waals surface area contributed by atoms with Crippen LogP contribution in [-0.4, -0.2) is 17.6 Å². The first-order valence-electron chi connectivity index (χ1n) is 7.14. The van der Waals surface area contributed by atoms with Crippen molar-refractivity contribution in [2.45, 2.75) is 38.5 Å². The van der Waals surface area contributed by atoms with Crippen molar-refractivity contribution in [3.05, 3.63) is 29.8 Å². The van der Waals surface area contributed by atoms with Crippen LogP contribution in [0.2, 0.25) is 0 Å². The summed E-state index contributed by atoms with van der Waals surface area (Å²) in [5, 5.41) is 21.4. The number of carbonyl (C=O) groups excluding carboxylic acids is 1. The number of benzene rings is 1. The lowest BCUT2D eigenvalue weighted by Crippen LogP contribution is -2.42. The van der Waals surface area contributed by atoms with Crippen LogP contribution in [0.5, 0.6) is 5.75 Å². The van der Waals surface area contributed by atoms with Crippen molar-refractivity contribution >= 4 is 5.91 Å². The van der Waals surface area contributed by atoms with Gasteiger partial charge in [-0.15, -0.1) is 0 Å². The van der Waals surface area contributed by atoms with Crippen molar-refractivity contribution in [3.8, 4) is 11.8 Å². The van der Waals surface area contributed by atoms with Gasteiger partial charge >= 0.3 is 0 Å². The van der Waals surface area contributed by atoms with Gasteiger partial charge in [0.25, 0.3) is 0 Å². The van der Waals surface area contributed by atoms with Gasteiger partial charge in [-0.05, 0) is 37.0 Å². The maximum absolute atomic E-state index is 12.2. The molecule has 2 N–H and O–H groups in total. The number of hydrogen-bond donors (Lipinski definition) is 2. The summed E-state index contributed by atoms with van der Waals surface area (Å²) in [5.74, 6) is 0.113. The molecule has 106 valence electrons. The topological polar surface area (TPSA) is 73.1 Å². The fraction of sp³-hybridized carbons (Fsp3) is 0.500. The van der Waals surface area contributed by atoms with Gasteiger partial charge < -0.3 is 10.4 Å². The van der Waals surface area contributed by atoms with Gasteiger partial charge in [0.1, 0.15) is 11.2 Å². The minimum atomic E-state index is -0.812. The first-order valence-corrected chi connectivity index (χ1v) is 7.14. The molecule has 0 spiro atoms. The zero-order valence-corrected chi connectivity index (χ0v) is 11.6. The highest BCUT2D eigenvalue weighted by molar-refractivity contribution is 5.85. The molecule has 1 amide bonds. The Morgan fingerprint density at radius 3 is 2.50 bits per heavy atom. The Balaban J connectivity index is 1.85. The van der Waals surface area contributed by atoms with Gasteiger partial charge in [0.15, 0.2) is 0 Å². The second-order valence-electron chi connectivity index (χ2n) is 5.43. The molecule has 0 bridgehead atoms. The average molecular weight is 272 g/mol. The van der Waals surface area contributed by atoms with E-state index < -0.39 is 5.41 Å². The van der Waals surface area contributed by atoms with Crippen LogP contribution in [0.4, 0.5) is 0 Å². The number of phenolic OH excluding ortho intramolecular Hbond substituents is 1. The van der Waals surface area contributed by atoms with Gasteiger partial charge in [-0.1, -0.05) is 31.4 Å². The fourth-order valence-electron chi connectivity index (χ4n) is 2.70. The first kappa shape index (κ1) is 14.4. The zero-order chi connectivity index (χ0) is 14.4. The molecule has 0 aliphatic heterocycles. The average Bonchev–Trinajstić information content (AvgIpc) is 2.50. The molecule has 0 saturated heterocycles. The maximum Gasteiger partial charge on any atom is 0.240 e. The van der Waals surface area contributed by atoms with Crippen molar-refractivity contribution < 1.29 is 9.90 Å². The van der Waals surface area contributed by atoms with Crippen LogP contribution in [0, 0.1) is 16.7 Å². The summed E-state index contributed by atoms with van der Waals surface area (Å²) in [6, 6.07) is 9.17. The number of nitrogens with zero attached hydrogens (tertiary/aromatic N) is 1. The lowest BCUT2D eigenvalue weighted by Gasteiger charge is -2.29. The molecule has 1 aliphatic carbocycles. The summed E-state index contributed by atoms with van der Waals surface area (Å²) >= 11 is 0. The second-order valence-corrected chi connectivity index (χ2v) is 5.43. The van der Waals surface area contributed by atoms with E-state index in [1.807, 2.05) is 12.1 Å². The summed E-state index contributed by atoms with van der Waals surface area (Å²) in [7, 11) is 0. The quantitative estimate of drug-likeness (QED) is 0.884. The van der Waals surface area contributed by atoms with E-state index in [0.29, 0.717) is 25.8 Å². The standard InChI is InChI=1S/C16H20N2O2/c17-12-16(9-2-1-3-10-16)15(20)18-11-8-13-4-6-14(19)7-5-13/h4-7,19H,1-3,8-11H2,(H,18,20). The molecule has 20 heavy (non-hydrogen) atoms. The van der Waals surface area contributed by atoms with Crippen LogP contribution in [0.25, 0.3) is 0 Å². The normalized spacial score (nSPS) is 17.1. The van der Waals surface area contributed by atoms with E-state index in [-0.39, 0.29) is 11.7 Å². The Kier molecular flexibility index (Phi) is 4.62. The van der Waals surface area contributed by atoms with Gasteiger partial charge in [-0.2, -0.15) is 5.26 Å². The Hall–Kier alpha value is -2.02. The third kappa shape index (κ3) is 3.30. The molecule has 4 heteroatoms. The third-order valence-electron chi connectivity index (χ3n) is 3.99. The van der Waals surface area contributed by atoms with Crippen molar-refractivity contribution in [2.24, 2.45) is 5.41 Å². The molecule has 0 radical (unpaired) electrons. The Morgan fingerprint density at radius 1 is 1.25 bits per heavy atom. The summed E-state index contributed by atoms with van der Waals surface area (Å²) in [6.07, 6.45) is 5.08. The summed E-state index contributed by atoms with van der Waals surface area (Å²) in [5.41, 5.74) is 0.241. The lowest BCUT2D eigenvalue weighted by atomic mass is 9.74. The molecule has 0 heterocycles. The molecule has 0 atom stereocenters. The summed E-state index contributed by atoms with van der Waals surface area (Å²) in [6.45, 7) is 0.521. The number of nitrogens with one attached hydrogen (secondary N) is 1. The maximum atomic E-state index is 12.2. The van der Waals surface area contributed by atoms with E-state index >= 15 is 0 Å². The lowest BCUT2D eigenvalue weighted by molar-refractivity contribution is -0.129. The molecular formula is C16H20N2O2. The molecule has 1 aliphatic rings. The van der Waals surface area contributed by atoms with E-state index in [9.17, 15) is 15.2 Å². The van der Waals surface area contributed by atoms with E-state index in [0.717, 1.165) is 24.8 Å². The third-order valence-corrected chi connectivity index (χ3v) is 3.99. The van der Waals surface area contributed by atoms with E-state index in [2.05, 4.69) is 11.4 Å². The molecule has 1 saturated carbocycles. The van der Waals surface area contributed by atoms with E-state index in [1.54, 1.807) is 12.1 Å². The molecular weight excluding hydrogens is 252 g/mol. The first-order chi connectivity index (χ1) is 9.66. The number of nitriles is 1. The number of rotatable bonds is 4. The van der Waals surface area contributed by atoms with Gasteiger partial charge in [0.2, 0.25) is 5.91 Å². The van der Waals surface area contributed by atoms with Crippen LogP contribution in [-0.2, 0) is 11.2 Å². The summed E-state index contributed by atoms with van der Waals surface area (Å²) < 4.78 is 0. The van der Waals surface area contributed by atoms with Gasteiger partial charge in [0, 0.05) is 6.54 Å². The molecule has 2 rings (SSSR count). The highest BCUT2D eigenvalue weighted by atomic mass is 16.3. The predicted molar refractivity (Wildman–Crippen MR) is 76.0 cm³/mol. The largest absolute Gasteiger partial charge is 0.508 e. The number of aromatic hydroxyl groups is 1. The second kappa shape index (κ2) is 6.42. The molecule has 0 unspecified atom stereocenters. The highest BCUT2D eigenvalue weighted by Crippen LogP contribution is 2.35. The summed E-state index contributed by atoms with van der Waals surface area (Å²) in [4.78, 5) is 12.2. The van der Waals surface area contributed by atoms with Crippen molar-refractivity contribution in [3.63, 3.8) is 0 Å². The minimum absolute atomic E-state index is 0.126. The van der Waals surface area contributed by atoms with Crippen LogP contribution in [0.3, 0.4) is 0 Å². The predicted octanol–water partition coefficient (Wildman–Crippen LogP) is 2.52. The fourth-order valence-corrected chi connectivity index (χ4v) is 2.70. The number of phenols is 1. The number of carbonyl (C=O) groups is 1. The van der Waals surface area contributed by atoms with E-state index in [1.165, 1.54) is 0 Å². The van der Waals surface area contributed by atoms with Gasteiger partial charge in [-0.3, -0.25) is 4.79 Å². The molecule has 1 aromatic carbocycles. The molecule has 1 fully saturated rings. The number of hydrogen-bond acceptors (Lipinski definition) is 3. The molecule has 1 aromatic rings. The van der Waals surface area contributed by atoms with Crippen molar-refractivity contribution in [1.29, 1.82) is 5.26 Å². The number of amides is 1. The van der Waals surface area contributed by atoms with Crippen molar-refractivity contribution in [2.75, 3.05) is 6.54 Å². The zero-order valence-electron chi connectivity index (χ0n) is 11.6. The van der Waals surface area contributed by atoms with Crippen LogP contribution in [0.1, 0.15) is 37.7 Å². The highest BCUT2D eigenvalue weighted by Gasteiger charge is 2.39. The molecule has 0 aromatic heterocycles. The molecule has 4 nitrogen and oxygen atoms in total. The van der Waals surface area contributed by atoms with Crippen LogP contribution < -0.4 is 5.32 Å². The van der Waals surface area contributed by atoms with Crippen LogP contribution >= 0.6 is 0 Å². The SMILES string of the molecule is N#CC1(C(=O)NCCc2ccc(O)cc2)CCCCC1.